The van der Waals surface area contributed by atoms with Crippen LogP contribution in [0.1, 0.15) is 65.7 Å². The van der Waals surface area contributed by atoms with Gasteiger partial charge in [-0.2, -0.15) is 5.11 Å². The minimum Gasteiger partial charge on any atom is -0.366 e. The minimum absolute atomic E-state index is 0.0697. The van der Waals surface area contributed by atoms with Gasteiger partial charge in [-0.15, -0.1) is 0 Å². The number of nitrogens with two attached hydrogens (primary N) is 2. The Morgan fingerprint density at radius 3 is 2.36 bits per heavy atom. The summed E-state index contributed by atoms with van der Waals surface area (Å²) in [5.74, 6) is -0.275. The van der Waals surface area contributed by atoms with Gasteiger partial charge in [0.2, 0.25) is 5.91 Å². The molecule has 1 heterocycles. The fraction of sp³-hybridized carbons (Fsp3) is 0.600. The summed E-state index contributed by atoms with van der Waals surface area (Å²) in [5, 5.41) is 13.9. The average Bonchev–Trinajstić information content (AvgIpc) is 3.27. The Morgan fingerprint density at radius 1 is 1.11 bits per heavy atom. The van der Waals surface area contributed by atoms with Crippen LogP contribution in [0.3, 0.4) is 0 Å². The first-order valence-corrected chi connectivity index (χ1v) is 10.1. The lowest BCUT2D eigenvalue weighted by Gasteiger charge is -2.33. The number of nitrogens with one attached hydrogen (secondary N) is 1. The van der Waals surface area contributed by atoms with Gasteiger partial charge in [-0.1, -0.05) is 24.5 Å². The predicted molar refractivity (Wildman–Crippen MR) is 104 cm³/mol. The molecule has 8 nitrogen and oxygen atoms in total. The number of nitrogens with zero attached hydrogens (tertiary/aromatic N) is 3. The molecule has 2 atom stereocenters. The lowest BCUT2D eigenvalue weighted by Crippen LogP contribution is -2.51. The van der Waals surface area contributed by atoms with Crippen LogP contribution < -0.4 is 16.8 Å². The van der Waals surface area contributed by atoms with Crippen molar-refractivity contribution in [3.63, 3.8) is 0 Å². The molecular formula is C20H28N6O2. The molecule has 0 bridgehead atoms. The van der Waals surface area contributed by atoms with Gasteiger partial charge < -0.3 is 16.8 Å². The topological polar surface area (TPSA) is 126 Å². The molecule has 1 aromatic carbocycles. The van der Waals surface area contributed by atoms with E-state index < -0.39 is 5.91 Å². The lowest BCUT2D eigenvalue weighted by atomic mass is 9.81. The SMILES string of the molecule is NC(=O)c1ccc(C(=O)N[C@@H](C2CCCCC2)C2CN(C3(N)CC3)N=N2)cc1. The van der Waals surface area contributed by atoms with Crippen LogP contribution in [-0.4, -0.2) is 41.1 Å². The van der Waals surface area contributed by atoms with Gasteiger partial charge in [0, 0.05) is 11.1 Å². The van der Waals surface area contributed by atoms with Crippen molar-refractivity contribution in [3.05, 3.63) is 35.4 Å². The van der Waals surface area contributed by atoms with Gasteiger partial charge in [-0.3, -0.25) is 14.6 Å². The molecule has 1 unspecified atom stereocenters. The van der Waals surface area contributed by atoms with Crippen LogP contribution in [0.4, 0.5) is 0 Å². The average molecular weight is 384 g/mol. The zero-order chi connectivity index (χ0) is 19.7. The molecule has 0 saturated heterocycles. The van der Waals surface area contributed by atoms with E-state index in [1.807, 2.05) is 5.01 Å². The highest BCUT2D eigenvalue weighted by atomic mass is 16.2. The Morgan fingerprint density at radius 2 is 1.75 bits per heavy atom. The van der Waals surface area contributed by atoms with Gasteiger partial charge in [-0.25, -0.2) is 0 Å². The maximum atomic E-state index is 12.9. The van der Waals surface area contributed by atoms with Gasteiger partial charge >= 0.3 is 0 Å². The molecule has 8 heteroatoms. The van der Waals surface area contributed by atoms with E-state index >= 15 is 0 Å². The summed E-state index contributed by atoms with van der Waals surface area (Å²) < 4.78 is 0. The standard InChI is InChI=1S/C20H28N6O2/c21-18(27)14-6-8-15(9-7-14)19(28)23-17(13-4-2-1-3-5-13)16-12-26(25-24-16)20(22)10-11-20/h6-9,13,16-17H,1-5,10-12,22H2,(H2,21,27)(H,23,28)/t16?,17-/m0/s1. The third-order valence-electron chi connectivity index (χ3n) is 6.25. The minimum atomic E-state index is -0.505. The molecule has 4 rings (SSSR count). The summed E-state index contributed by atoms with van der Waals surface area (Å²) in [6, 6.07) is 6.27. The fourth-order valence-corrected chi connectivity index (χ4v) is 4.26. The van der Waals surface area contributed by atoms with E-state index in [1.165, 1.54) is 19.3 Å². The van der Waals surface area contributed by atoms with Crippen molar-refractivity contribution in [1.29, 1.82) is 0 Å². The first-order chi connectivity index (χ1) is 13.5. The second kappa shape index (κ2) is 7.50. The molecule has 0 radical (unpaired) electrons. The van der Waals surface area contributed by atoms with Crippen LogP contribution in [0, 0.1) is 5.92 Å². The highest BCUT2D eigenvalue weighted by Crippen LogP contribution is 2.39. The Hall–Kier alpha value is -2.48. The Balaban J connectivity index is 1.48. The van der Waals surface area contributed by atoms with E-state index in [9.17, 15) is 9.59 Å². The van der Waals surface area contributed by atoms with Crippen molar-refractivity contribution >= 4 is 11.8 Å². The number of hydrogen-bond acceptors (Lipinski definition) is 6. The molecule has 5 N–H and O–H groups in total. The molecule has 0 spiro atoms. The molecule has 2 fully saturated rings. The number of hydrogen-bond donors (Lipinski definition) is 3. The van der Waals surface area contributed by atoms with Crippen LogP contribution in [0.5, 0.6) is 0 Å². The van der Waals surface area contributed by atoms with Crippen molar-refractivity contribution in [2.24, 2.45) is 27.7 Å². The predicted octanol–water partition coefficient (Wildman–Crippen LogP) is 1.96. The highest BCUT2D eigenvalue weighted by Gasteiger charge is 2.48. The van der Waals surface area contributed by atoms with E-state index in [2.05, 4.69) is 15.7 Å². The smallest absolute Gasteiger partial charge is 0.251 e. The third kappa shape index (κ3) is 3.87. The quantitative estimate of drug-likeness (QED) is 0.693. The normalized spacial score (nSPS) is 24.8. The molecule has 2 aliphatic carbocycles. The maximum absolute atomic E-state index is 12.9. The van der Waals surface area contributed by atoms with Crippen molar-refractivity contribution in [2.45, 2.75) is 62.7 Å². The summed E-state index contributed by atoms with van der Waals surface area (Å²) in [4.78, 5) is 24.1. The molecule has 1 aromatic rings. The summed E-state index contributed by atoms with van der Waals surface area (Å²) >= 11 is 0. The lowest BCUT2D eigenvalue weighted by molar-refractivity contribution is 0.0895. The Bertz CT molecular complexity index is 767. The monoisotopic (exact) mass is 384 g/mol. The Kier molecular flexibility index (Phi) is 5.05. The molecule has 2 amide bonds. The van der Waals surface area contributed by atoms with Gasteiger partial charge in [0.05, 0.1) is 12.6 Å². The van der Waals surface area contributed by atoms with Gasteiger partial charge in [0.25, 0.3) is 5.91 Å². The molecule has 0 aromatic heterocycles. The van der Waals surface area contributed by atoms with E-state index in [0.717, 1.165) is 25.7 Å². The number of carbonyl (C=O) groups excluding carboxylic acids is 2. The second-order valence-corrected chi connectivity index (χ2v) is 8.30. The van der Waals surface area contributed by atoms with Crippen LogP contribution in [-0.2, 0) is 0 Å². The van der Waals surface area contributed by atoms with Crippen molar-refractivity contribution in [2.75, 3.05) is 6.54 Å². The molecular weight excluding hydrogens is 356 g/mol. The van der Waals surface area contributed by atoms with Gasteiger partial charge in [0.1, 0.15) is 11.7 Å². The molecule has 1 aliphatic heterocycles. The zero-order valence-corrected chi connectivity index (χ0v) is 16.0. The van der Waals surface area contributed by atoms with Crippen LogP contribution >= 0.6 is 0 Å². The van der Waals surface area contributed by atoms with Gasteiger partial charge in [0.15, 0.2) is 0 Å². The number of carbonyl (C=O) groups is 2. The number of rotatable bonds is 6. The molecule has 28 heavy (non-hydrogen) atoms. The maximum Gasteiger partial charge on any atom is 0.251 e. The summed E-state index contributed by atoms with van der Waals surface area (Å²) in [6.45, 7) is 0.651. The van der Waals surface area contributed by atoms with Crippen molar-refractivity contribution < 1.29 is 9.59 Å². The first kappa shape index (κ1) is 18.9. The zero-order valence-electron chi connectivity index (χ0n) is 16.0. The first-order valence-electron chi connectivity index (χ1n) is 10.1. The van der Waals surface area contributed by atoms with E-state index in [-0.39, 0.29) is 23.7 Å². The van der Waals surface area contributed by atoms with E-state index in [1.54, 1.807) is 24.3 Å². The summed E-state index contributed by atoms with van der Waals surface area (Å²) in [7, 11) is 0. The molecule has 3 aliphatic rings. The van der Waals surface area contributed by atoms with Crippen molar-refractivity contribution in [3.8, 4) is 0 Å². The van der Waals surface area contributed by atoms with Gasteiger partial charge in [-0.05, 0) is 55.9 Å². The second-order valence-electron chi connectivity index (χ2n) is 8.30. The van der Waals surface area contributed by atoms with E-state index in [0.29, 0.717) is 23.6 Å². The van der Waals surface area contributed by atoms with Crippen LogP contribution in [0.25, 0.3) is 0 Å². The third-order valence-corrected chi connectivity index (χ3v) is 6.25. The summed E-state index contributed by atoms with van der Waals surface area (Å²) in [5.41, 5.74) is 12.1. The number of primary amides is 1. The largest absolute Gasteiger partial charge is 0.366 e. The van der Waals surface area contributed by atoms with Crippen LogP contribution in [0.15, 0.2) is 34.6 Å². The Labute approximate surface area is 164 Å². The number of amides is 2. The summed E-state index contributed by atoms with van der Waals surface area (Å²) in [6.07, 6.45) is 7.65. The molecule has 150 valence electrons. The fourth-order valence-electron chi connectivity index (χ4n) is 4.26. The van der Waals surface area contributed by atoms with Crippen LogP contribution in [0.2, 0.25) is 0 Å². The number of benzene rings is 1. The van der Waals surface area contributed by atoms with E-state index in [4.69, 9.17) is 11.5 Å². The highest BCUT2D eigenvalue weighted by molar-refractivity contribution is 5.97. The molecule has 2 saturated carbocycles. The van der Waals surface area contributed by atoms with Crippen molar-refractivity contribution in [1.82, 2.24) is 10.3 Å².